The summed E-state index contributed by atoms with van der Waals surface area (Å²) in [5.41, 5.74) is 2.96. The van der Waals surface area contributed by atoms with Crippen molar-refractivity contribution in [3.8, 4) is 12.3 Å². The summed E-state index contributed by atoms with van der Waals surface area (Å²) in [5.74, 6) is 4.15. The molecular formula is C12H18. The first-order valence-electron chi connectivity index (χ1n) is 4.77. The summed E-state index contributed by atoms with van der Waals surface area (Å²) in [4.78, 5) is 0. The van der Waals surface area contributed by atoms with Gasteiger partial charge in [-0.3, -0.25) is 0 Å². The van der Waals surface area contributed by atoms with Crippen LogP contribution in [0.2, 0.25) is 0 Å². The van der Waals surface area contributed by atoms with Crippen LogP contribution in [0.1, 0.15) is 40.0 Å². The van der Waals surface area contributed by atoms with Gasteiger partial charge in [0.05, 0.1) is 0 Å². The first kappa shape index (κ1) is 9.39. The Morgan fingerprint density at radius 3 is 2.67 bits per heavy atom. The number of hydrogen-bond acceptors (Lipinski definition) is 0. The zero-order valence-corrected chi connectivity index (χ0v) is 8.35. The highest BCUT2D eigenvalue weighted by atomic mass is 14.3. The summed E-state index contributed by atoms with van der Waals surface area (Å²) in [5, 5.41) is 0. The molecule has 0 nitrogen and oxygen atoms in total. The van der Waals surface area contributed by atoms with Gasteiger partial charge in [-0.25, -0.2) is 0 Å². The molecular weight excluding hydrogens is 144 g/mol. The van der Waals surface area contributed by atoms with Gasteiger partial charge in [0.15, 0.2) is 0 Å². The van der Waals surface area contributed by atoms with Crippen LogP contribution in [0, 0.1) is 24.2 Å². The highest BCUT2D eigenvalue weighted by Gasteiger charge is 2.21. The van der Waals surface area contributed by atoms with Crippen molar-refractivity contribution < 1.29 is 0 Å². The van der Waals surface area contributed by atoms with E-state index in [1.807, 2.05) is 0 Å². The Morgan fingerprint density at radius 1 is 1.50 bits per heavy atom. The average molecular weight is 162 g/mol. The van der Waals surface area contributed by atoms with E-state index in [4.69, 9.17) is 6.42 Å². The zero-order chi connectivity index (χ0) is 9.14. The Morgan fingerprint density at radius 2 is 2.17 bits per heavy atom. The Balaban J connectivity index is 2.79. The molecule has 0 heterocycles. The van der Waals surface area contributed by atoms with E-state index in [2.05, 4.69) is 26.7 Å². The Kier molecular flexibility index (Phi) is 2.98. The van der Waals surface area contributed by atoms with Crippen LogP contribution in [0.3, 0.4) is 0 Å². The largest absolute Gasteiger partial charge is 0.119 e. The highest BCUT2D eigenvalue weighted by Crippen LogP contribution is 2.34. The second kappa shape index (κ2) is 3.81. The van der Waals surface area contributed by atoms with Crippen LogP contribution in [0.15, 0.2) is 11.1 Å². The van der Waals surface area contributed by atoms with E-state index in [1.165, 1.54) is 30.4 Å². The molecule has 0 radical (unpaired) electrons. The average Bonchev–Trinajstić information content (AvgIpc) is 2.03. The van der Waals surface area contributed by atoms with E-state index in [9.17, 15) is 0 Å². The van der Waals surface area contributed by atoms with Crippen LogP contribution in [0.4, 0.5) is 0 Å². The minimum atomic E-state index is 0.429. The smallest absolute Gasteiger partial charge is 0.0414 e. The fourth-order valence-electron chi connectivity index (χ4n) is 2.01. The van der Waals surface area contributed by atoms with Crippen LogP contribution < -0.4 is 0 Å². The zero-order valence-electron chi connectivity index (χ0n) is 8.35. The quantitative estimate of drug-likeness (QED) is 0.378. The van der Waals surface area contributed by atoms with Gasteiger partial charge >= 0.3 is 0 Å². The minimum Gasteiger partial charge on any atom is -0.119 e. The molecule has 1 unspecified atom stereocenters. The Hall–Kier alpha value is -0.700. The topological polar surface area (TPSA) is 0 Å². The van der Waals surface area contributed by atoms with Gasteiger partial charge in [-0.2, -0.15) is 0 Å². The van der Waals surface area contributed by atoms with E-state index in [-0.39, 0.29) is 0 Å². The molecule has 2 atom stereocenters. The van der Waals surface area contributed by atoms with Gasteiger partial charge in [0.25, 0.3) is 0 Å². The lowest BCUT2D eigenvalue weighted by Crippen LogP contribution is -2.15. The van der Waals surface area contributed by atoms with E-state index in [1.54, 1.807) is 0 Å². The molecule has 0 heteroatoms. The third kappa shape index (κ3) is 1.91. The summed E-state index contributed by atoms with van der Waals surface area (Å²) in [6, 6.07) is 0. The van der Waals surface area contributed by atoms with Crippen molar-refractivity contribution in [1.29, 1.82) is 0 Å². The molecule has 0 amide bonds. The first-order valence-corrected chi connectivity index (χ1v) is 4.77. The Bertz CT molecular complexity index is 223. The monoisotopic (exact) mass is 162 g/mol. The molecule has 0 saturated heterocycles. The van der Waals surface area contributed by atoms with Crippen LogP contribution in [-0.2, 0) is 0 Å². The molecule has 1 aliphatic carbocycles. The second-order valence-electron chi connectivity index (χ2n) is 4.12. The fraction of sp³-hybridized carbons (Fsp3) is 0.667. The molecule has 0 aromatic carbocycles. The van der Waals surface area contributed by atoms with Crippen LogP contribution in [-0.4, -0.2) is 0 Å². The lowest BCUT2D eigenvalue weighted by molar-refractivity contribution is 0.397. The van der Waals surface area contributed by atoms with Gasteiger partial charge in [-0.1, -0.05) is 24.0 Å². The van der Waals surface area contributed by atoms with Gasteiger partial charge in [0.1, 0.15) is 0 Å². The van der Waals surface area contributed by atoms with Crippen molar-refractivity contribution in [2.75, 3.05) is 0 Å². The SMILES string of the molecule is C#CC1C[C@@H](C)CCC1=C(C)C. The Labute approximate surface area is 76.1 Å². The van der Waals surface area contributed by atoms with E-state index in [0.717, 1.165) is 5.92 Å². The molecule has 0 aliphatic heterocycles. The standard InChI is InChI=1S/C12H18/c1-5-11-8-10(4)6-7-12(11)9(2)3/h1,10-11H,6-8H2,2-4H3/t10-,11?/m0/s1. The first-order chi connectivity index (χ1) is 5.65. The van der Waals surface area contributed by atoms with Gasteiger partial charge in [-0.15, -0.1) is 6.42 Å². The second-order valence-corrected chi connectivity index (χ2v) is 4.12. The molecule has 12 heavy (non-hydrogen) atoms. The van der Waals surface area contributed by atoms with E-state index < -0.39 is 0 Å². The van der Waals surface area contributed by atoms with Crippen molar-refractivity contribution in [3.63, 3.8) is 0 Å². The summed E-state index contributed by atoms with van der Waals surface area (Å²) >= 11 is 0. The van der Waals surface area contributed by atoms with Crippen LogP contribution in [0.5, 0.6) is 0 Å². The molecule has 0 N–H and O–H groups in total. The number of rotatable bonds is 0. The van der Waals surface area contributed by atoms with Crippen molar-refractivity contribution >= 4 is 0 Å². The lowest BCUT2D eigenvalue weighted by Gasteiger charge is -2.27. The van der Waals surface area contributed by atoms with Crippen molar-refractivity contribution in [1.82, 2.24) is 0 Å². The maximum absolute atomic E-state index is 5.51. The fourth-order valence-corrected chi connectivity index (χ4v) is 2.01. The molecule has 1 rings (SSSR count). The van der Waals surface area contributed by atoms with Gasteiger partial charge in [0, 0.05) is 5.92 Å². The predicted octanol–water partition coefficient (Wildman–Crippen LogP) is 3.39. The summed E-state index contributed by atoms with van der Waals surface area (Å²) in [6.45, 7) is 6.65. The minimum absolute atomic E-state index is 0.429. The summed E-state index contributed by atoms with van der Waals surface area (Å²) in [7, 11) is 0. The van der Waals surface area contributed by atoms with Crippen LogP contribution >= 0.6 is 0 Å². The lowest BCUT2D eigenvalue weighted by atomic mass is 9.77. The number of allylic oxidation sites excluding steroid dienone is 2. The van der Waals surface area contributed by atoms with Crippen molar-refractivity contribution in [2.45, 2.75) is 40.0 Å². The number of terminal acetylenes is 1. The molecule has 0 aromatic rings. The third-order valence-corrected chi connectivity index (χ3v) is 2.81. The maximum Gasteiger partial charge on any atom is 0.0414 e. The molecule has 1 aliphatic rings. The van der Waals surface area contributed by atoms with Crippen molar-refractivity contribution in [3.05, 3.63) is 11.1 Å². The summed E-state index contributed by atoms with van der Waals surface area (Å²) in [6.07, 6.45) is 9.24. The molecule has 1 saturated carbocycles. The van der Waals surface area contributed by atoms with E-state index in [0.29, 0.717) is 5.92 Å². The molecule has 66 valence electrons. The molecule has 1 fully saturated rings. The molecule has 0 bridgehead atoms. The van der Waals surface area contributed by atoms with Gasteiger partial charge in [-0.05, 0) is 39.0 Å². The third-order valence-electron chi connectivity index (χ3n) is 2.81. The number of hydrogen-bond donors (Lipinski definition) is 0. The predicted molar refractivity (Wildman–Crippen MR) is 53.7 cm³/mol. The molecule has 0 aromatic heterocycles. The normalized spacial score (nSPS) is 29.7. The van der Waals surface area contributed by atoms with Crippen molar-refractivity contribution in [2.24, 2.45) is 11.8 Å². The highest BCUT2D eigenvalue weighted by molar-refractivity contribution is 5.23. The van der Waals surface area contributed by atoms with Crippen LogP contribution in [0.25, 0.3) is 0 Å². The maximum atomic E-state index is 5.51. The van der Waals surface area contributed by atoms with Gasteiger partial charge < -0.3 is 0 Å². The van der Waals surface area contributed by atoms with Gasteiger partial charge in [0.2, 0.25) is 0 Å². The van der Waals surface area contributed by atoms with E-state index >= 15 is 0 Å². The summed E-state index contributed by atoms with van der Waals surface area (Å²) < 4.78 is 0. The molecule has 0 spiro atoms.